The van der Waals surface area contributed by atoms with Gasteiger partial charge in [0.1, 0.15) is 5.82 Å². The van der Waals surface area contributed by atoms with Gasteiger partial charge in [-0.15, -0.1) is 0 Å². The van der Waals surface area contributed by atoms with Gasteiger partial charge < -0.3 is 4.57 Å². The topological polar surface area (TPSA) is 21.1 Å². The van der Waals surface area contributed by atoms with Gasteiger partial charge in [-0.25, -0.2) is 4.98 Å². The van der Waals surface area contributed by atoms with Crippen molar-refractivity contribution >= 4 is 28.2 Å². The summed E-state index contributed by atoms with van der Waals surface area (Å²) in [6.45, 7) is 12.5. The van der Waals surface area contributed by atoms with Crippen LogP contribution in [0.1, 0.15) is 68.0 Å². The standard InChI is InChI=1S/C30H37Cl2N3/c1-5-6-16-35-28(29(32)33-30(35)25-10-8-7-9-22(25)4)20-34(17-15-21(2)3)19-23-11-12-24-13-14-27(31)26(24)18-23/h7-12,14,18,21H,5-6,13,15-17,19-20H2,1-4H3. The molecular formula is C30H37Cl2N3. The maximum absolute atomic E-state index is 6.85. The Labute approximate surface area is 220 Å². The van der Waals surface area contributed by atoms with Gasteiger partial charge in [-0.1, -0.05) is 92.9 Å². The number of fused-ring (bicyclic) bond motifs is 1. The van der Waals surface area contributed by atoms with E-state index in [1.54, 1.807) is 0 Å². The van der Waals surface area contributed by atoms with Gasteiger partial charge in [0.05, 0.1) is 5.69 Å². The smallest absolute Gasteiger partial charge is 0.152 e. The van der Waals surface area contributed by atoms with Crippen molar-refractivity contribution in [2.75, 3.05) is 6.54 Å². The number of nitrogens with zero attached hydrogens (tertiary/aromatic N) is 3. The average molecular weight is 511 g/mol. The zero-order valence-electron chi connectivity index (χ0n) is 21.5. The van der Waals surface area contributed by atoms with Crippen LogP contribution in [0, 0.1) is 12.8 Å². The molecule has 1 aromatic heterocycles. The zero-order chi connectivity index (χ0) is 24.9. The molecule has 0 fully saturated rings. The van der Waals surface area contributed by atoms with E-state index in [4.69, 9.17) is 28.2 Å². The molecule has 0 saturated carbocycles. The zero-order valence-corrected chi connectivity index (χ0v) is 23.0. The van der Waals surface area contributed by atoms with Gasteiger partial charge in [0.25, 0.3) is 0 Å². The lowest BCUT2D eigenvalue weighted by molar-refractivity contribution is 0.235. The molecule has 35 heavy (non-hydrogen) atoms. The molecule has 0 atom stereocenters. The Kier molecular flexibility index (Phi) is 8.75. The molecule has 3 nitrogen and oxygen atoms in total. The molecule has 0 radical (unpaired) electrons. The number of rotatable bonds is 11. The quantitative estimate of drug-likeness (QED) is 0.258. The fourth-order valence-corrected chi connectivity index (χ4v) is 5.25. The largest absolute Gasteiger partial charge is 0.325 e. The molecule has 5 heteroatoms. The van der Waals surface area contributed by atoms with Gasteiger partial charge >= 0.3 is 0 Å². The average Bonchev–Trinajstić information content (AvgIpc) is 3.35. The predicted octanol–water partition coefficient (Wildman–Crippen LogP) is 8.50. The van der Waals surface area contributed by atoms with Crippen molar-refractivity contribution in [2.24, 2.45) is 5.92 Å². The van der Waals surface area contributed by atoms with Gasteiger partial charge in [-0.2, -0.15) is 0 Å². The number of hydrogen-bond donors (Lipinski definition) is 0. The lowest BCUT2D eigenvalue weighted by Gasteiger charge is -2.25. The van der Waals surface area contributed by atoms with Crippen LogP contribution >= 0.6 is 23.2 Å². The minimum atomic E-state index is 0.619. The number of benzene rings is 2. The highest BCUT2D eigenvalue weighted by molar-refractivity contribution is 6.49. The Morgan fingerprint density at radius 3 is 2.60 bits per heavy atom. The molecule has 0 aliphatic heterocycles. The van der Waals surface area contributed by atoms with Gasteiger partial charge in [0.2, 0.25) is 0 Å². The van der Waals surface area contributed by atoms with E-state index in [1.165, 1.54) is 22.3 Å². The first-order valence-corrected chi connectivity index (χ1v) is 13.6. The Bertz CT molecular complexity index is 1190. The highest BCUT2D eigenvalue weighted by atomic mass is 35.5. The summed E-state index contributed by atoms with van der Waals surface area (Å²) in [7, 11) is 0. The maximum Gasteiger partial charge on any atom is 0.152 e. The Hall–Kier alpha value is -2.07. The van der Waals surface area contributed by atoms with E-state index in [0.717, 1.165) is 74.0 Å². The highest BCUT2D eigenvalue weighted by Crippen LogP contribution is 2.32. The van der Waals surface area contributed by atoms with E-state index < -0.39 is 0 Å². The fraction of sp³-hybridized carbons (Fsp3) is 0.433. The van der Waals surface area contributed by atoms with Crippen LogP contribution in [0.15, 0.2) is 48.5 Å². The summed E-state index contributed by atoms with van der Waals surface area (Å²) in [4.78, 5) is 7.40. The van der Waals surface area contributed by atoms with E-state index >= 15 is 0 Å². The van der Waals surface area contributed by atoms with Crippen molar-refractivity contribution < 1.29 is 0 Å². The lowest BCUT2D eigenvalue weighted by atomic mass is 10.0. The minimum Gasteiger partial charge on any atom is -0.325 e. The first-order chi connectivity index (χ1) is 16.9. The summed E-state index contributed by atoms with van der Waals surface area (Å²) in [6, 6.07) is 15.2. The van der Waals surface area contributed by atoms with Crippen LogP contribution in [0.2, 0.25) is 5.15 Å². The van der Waals surface area contributed by atoms with Crippen LogP contribution < -0.4 is 0 Å². The van der Waals surface area contributed by atoms with Gasteiger partial charge in [-0.05, 0) is 67.0 Å². The summed E-state index contributed by atoms with van der Waals surface area (Å²) in [5.74, 6) is 1.62. The summed E-state index contributed by atoms with van der Waals surface area (Å²) >= 11 is 13.3. The summed E-state index contributed by atoms with van der Waals surface area (Å²) in [5, 5.41) is 1.49. The SMILES string of the molecule is CCCCn1c(-c2ccccc2C)nc(Cl)c1CN(CCC(C)C)Cc1ccc2c(c1)C(Cl)=CC2. The van der Waals surface area contributed by atoms with Gasteiger partial charge in [-0.3, -0.25) is 4.90 Å². The van der Waals surface area contributed by atoms with E-state index in [1.807, 2.05) is 0 Å². The van der Waals surface area contributed by atoms with Gasteiger partial charge in [0.15, 0.2) is 5.15 Å². The molecule has 0 spiro atoms. The van der Waals surface area contributed by atoms with Crippen LogP contribution in [0.3, 0.4) is 0 Å². The number of halogens is 2. The minimum absolute atomic E-state index is 0.619. The molecular weight excluding hydrogens is 473 g/mol. The molecule has 0 saturated heterocycles. The van der Waals surface area contributed by atoms with Crippen molar-refractivity contribution in [1.82, 2.24) is 14.5 Å². The lowest BCUT2D eigenvalue weighted by Crippen LogP contribution is -2.26. The second-order valence-electron chi connectivity index (χ2n) is 10.1. The second kappa shape index (κ2) is 11.8. The Balaban J connectivity index is 1.66. The summed E-state index contributed by atoms with van der Waals surface area (Å²) in [5.41, 5.74) is 7.28. The van der Waals surface area contributed by atoms with Crippen molar-refractivity contribution in [1.29, 1.82) is 0 Å². The molecule has 2 aromatic carbocycles. The Morgan fingerprint density at radius 2 is 1.86 bits per heavy atom. The monoisotopic (exact) mass is 509 g/mol. The molecule has 1 aliphatic carbocycles. The van der Waals surface area contributed by atoms with Crippen molar-refractivity contribution in [3.8, 4) is 11.4 Å². The highest BCUT2D eigenvalue weighted by Gasteiger charge is 2.21. The third kappa shape index (κ3) is 6.20. The first-order valence-electron chi connectivity index (χ1n) is 12.9. The predicted molar refractivity (Wildman–Crippen MR) is 150 cm³/mol. The molecule has 0 unspecified atom stereocenters. The van der Waals surface area contributed by atoms with E-state index in [9.17, 15) is 0 Å². The number of unbranched alkanes of at least 4 members (excludes halogenated alkanes) is 1. The third-order valence-electron chi connectivity index (χ3n) is 6.88. The van der Waals surface area contributed by atoms with Crippen molar-refractivity contribution in [2.45, 2.75) is 73.0 Å². The van der Waals surface area contributed by atoms with Crippen LogP contribution in [0.4, 0.5) is 0 Å². The van der Waals surface area contributed by atoms with Crippen LogP contribution in [-0.4, -0.2) is 21.0 Å². The molecule has 1 heterocycles. The Morgan fingerprint density at radius 1 is 1.06 bits per heavy atom. The van der Waals surface area contributed by atoms with Gasteiger partial charge in [0, 0.05) is 30.2 Å². The number of hydrogen-bond acceptors (Lipinski definition) is 2. The second-order valence-corrected chi connectivity index (χ2v) is 10.9. The van der Waals surface area contributed by atoms with Crippen molar-refractivity contribution in [3.63, 3.8) is 0 Å². The summed E-state index contributed by atoms with van der Waals surface area (Å²) < 4.78 is 2.36. The number of aromatic nitrogens is 2. The van der Waals surface area contributed by atoms with E-state index in [0.29, 0.717) is 11.1 Å². The van der Waals surface area contributed by atoms with Crippen LogP contribution in [0.25, 0.3) is 16.4 Å². The van der Waals surface area contributed by atoms with E-state index in [-0.39, 0.29) is 0 Å². The number of aryl methyl sites for hydroxylation is 1. The first kappa shape index (κ1) is 26.0. The normalized spacial score (nSPS) is 13.1. The van der Waals surface area contributed by atoms with E-state index in [2.05, 4.69) is 85.7 Å². The molecule has 4 rings (SSSR count). The molecule has 0 N–H and O–H groups in total. The fourth-order valence-electron chi connectivity index (χ4n) is 4.75. The third-order valence-corrected chi connectivity index (χ3v) is 7.54. The molecule has 3 aromatic rings. The number of allylic oxidation sites excluding steroid dienone is 1. The number of imidazole rings is 1. The van der Waals surface area contributed by atoms with Crippen LogP contribution in [-0.2, 0) is 26.1 Å². The summed E-state index contributed by atoms with van der Waals surface area (Å²) in [6.07, 6.45) is 6.39. The van der Waals surface area contributed by atoms with Crippen LogP contribution in [0.5, 0.6) is 0 Å². The molecule has 0 amide bonds. The van der Waals surface area contributed by atoms with Crippen molar-refractivity contribution in [3.05, 3.63) is 81.6 Å². The maximum atomic E-state index is 6.85. The molecule has 1 aliphatic rings. The molecule has 0 bridgehead atoms. The molecule has 186 valence electrons.